The van der Waals surface area contributed by atoms with Crippen LogP contribution in [0.4, 0.5) is 0 Å². The molecule has 1 N–H and O–H groups in total. The molecule has 108 valence electrons. The number of aromatic nitrogens is 1. The molecule has 6 nitrogen and oxygen atoms in total. The van der Waals surface area contributed by atoms with Crippen LogP contribution in [0, 0.1) is 0 Å². The lowest BCUT2D eigenvalue weighted by molar-refractivity contribution is -0.148. The third-order valence-corrected chi connectivity index (χ3v) is 3.58. The minimum Gasteiger partial charge on any atom is -0.480 e. The number of methoxy groups -OCH3 is 1. The van der Waals surface area contributed by atoms with Gasteiger partial charge in [0, 0.05) is 38.9 Å². The zero-order valence-electron chi connectivity index (χ0n) is 11.4. The fourth-order valence-corrected chi connectivity index (χ4v) is 2.42. The lowest BCUT2D eigenvalue weighted by Crippen LogP contribution is -2.40. The van der Waals surface area contributed by atoms with Crippen molar-refractivity contribution in [1.29, 1.82) is 0 Å². The smallest absolute Gasteiger partial charge is 0.326 e. The van der Waals surface area contributed by atoms with Crippen LogP contribution in [-0.4, -0.2) is 52.7 Å². The molecular weight excluding hydrogens is 260 g/mol. The van der Waals surface area contributed by atoms with Crippen molar-refractivity contribution in [1.82, 2.24) is 9.88 Å². The highest BCUT2D eigenvalue weighted by molar-refractivity contribution is 5.84. The van der Waals surface area contributed by atoms with Crippen LogP contribution in [0.3, 0.4) is 0 Å². The van der Waals surface area contributed by atoms with Crippen LogP contribution in [0.25, 0.3) is 0 Å². The summed E-state index contributed by atoms with van der Waals surface area (Å²) in [5.74, 6) is -1.12. The molecule has 0 aliphatic carbocycles. The monoisotopic (exact) mass is 278 g/mol. The third kappa shape index (κ3) is 3.33. The molecule has 2 heterocycles. The van der Waals surface area contributed by atoms with Crippen LogP contribution < -0.4 is 0 Å². The summed E-state index contributed by atoms with van der Waals surface area (Å²) in [6.45, 7) is 0.350. The number of carbonyl (C=O) groups excluding carboxylic acids is 1. The summed E-state index contributed by atoms with van der Waals surface area (Å²) in [6.07, 6.45) is 4.40. The highest BCUT2D eigenvalue weighted by Gasteiger charge is 2.39. The number of hydrogen-bond donors (Lipinski definition) is 1. The number of carboxylic acid groups (broad SMARTS) is 1. The number of likely N-dealkylation sites (tertiary alicyclic amines) is 1. The molecule has 1 aromatic rings. The molecule has 6 heteroatoms. The van der Waals surface area contributed by atoms with Gasteiger partial charge in [0.25, 0.3) is 0 Å². The van der Waals surface area contributed by atoms with Crippen molar-refractivity contribution >= 4 is 11.9 Å². The molecule has 1 amide bonds. The fourth-order valence-electron chi connectivity index (χ4n) is 2.42. The number of carboxylic acids is 1. The summed E-state index contributed by atoms with van der Waals surface area (Å²) in [5, 5.41) is 9.17. The second-order valence-electron chi connectivity index (χ2n) is 4.85. The third-order valence-electron chi connectivity index (χ3n) is 3.58. The van der Waals surface area contributed by atoms with Crippen molar-refractivity contribution < 1.29 is 19.4 Å². The van der Waals surface area contributed by atoms with Gasteiger partial charge in [-0.05, 0) is 24.1 Å². The standard InChI is InChI=1S/C14H18N2O4/c1-20-11-8-12(14(18)19)16(9-11)13(17)3-2-10-4-6-15-7-5-10/h4-7,11-12H,2-3,8-9H2,1H3,(H,18,19). The highest BCUT2D eigenvalue weighted by atomic mass is 16.5. The van der Waals surface area contributed by atoms with E-state index in [0.717, 1.165) is 5.56 Å². The Kier molecular flexibility index (Phi) is 4.68. The van der Waals surface area contributed by atoms with Gasteiger partial charge in [0.2, 0.25) is 5.91 Å². The van der Waals surface area contributed by atoms with Gasteiger partial charge in [-0.2, -0.15) is 0 Å². The van der Waals surface area contributed by atoms with E-state index in [-0.39, 0.29) is 12.0 Å². The van der Waals surface area contributed by atoms with Crippen molar-refractivity contribution in [2.24, 2.45) is 0 Å². The molecule has 2 rings (SSSR count). The molecule has 0 bridgehead atoms. The number of pyridine rings is 1. The maximum absolute atomic E-state index is 12.2. The van der Waals surface area contributed by atoms with Crippen molar-refractivity contribution in [2.75, 3.05) is 13.7 Å². The Bertz CT molecular complexity index is 477. The van der Waals surface area contributed by atoms with Gasteiger partial charge < -0.3 is 14.7 Å². The number of aliphatic carboxylic acids is 1. The number of amides is 1. The van der Waals surface area contributed by atoms with Crippen LogP contribution in [-0.2, 0) is 20.7 Å². The second-order valence-corrected chi connectivity index (χ2v) is 4.85. The van der Waals surface area contributed by atoms with Crippen molar-refractivity contribution in [3.8, 4) is 0 Å². The van der Waals surface area contributed by atoms with E-state index in [2.05, 4.69) is 4.98 Å². The molecular formula is C14H18N2O4. The minimum atomic E-state index is -0.971. The van der Waals surface area contributed by atoms with Gasteiger partial charge in [-0.1, -0.05) is 0 Å². The summed E-state index contributed by atoms with van der Waals surface area (Å²) in [6, 6.07) is 2.93. The summed E-state index contributed by atoms with van der Waals surface area (Å²) >= 11 is 0. The van der Waals surface area contributed by atoms with Crippen LogP contribution in [0.5, 0.6) is 0 Å². The second kappa shape index (κ2) is 6.47. The quantitative estimate of drug-likeness (QED) is 0.858. The topological polar surface area (TPSA) is 79.7 Å². The minimum absolute atomic E-state index is 0.145. The molecule has 0 aromatic carbocycles. The molecule has 1 aliphatic heterocycles. The molecule has 0 spiro atoms. The Labute approximate surface area is 117 Å². The highest BCUT2D eigenvalue weighted by Crippen LogP contribution is 2.21. The van der Waals surface area contributed by atoms with Gasteiger partial charge in [0.05, 0.1) is 6.10 Å². The summed E-state index contributed by atoms with van der Waals surface area (Å²) in [7, 11) is 1.54. The van der Waals surface area contributed by atoms with E-state index in [1.807, 2.05) is 12.1 Å². The summed E-state index contributed by atoms with van der Waals surface area (Å²) in [4.78, 5) is 28.7. The molecule has 2 unspecified atom stereocenters. The van der Waals surface area contributed by atoms with E-state index in [1.54, 1.807) is 12.4 Å². The van der Waals surface area contributed by atoms with Gasteiger partial charge in [0.1, 0.15) is 6.04 Å². The average molecular weight is 278 g/mol. The Morgan fingerprint density at radius 2 is 2.15 bits per heavy atom. The zero-order chi connectivity index (χ0) is 14.5. The molecule has 1 aliphatic rings. The van der Waals surface area contributed by atoms with Gasteiger partial charge in [0.15, 0.2) is 0 Å². The predicted octanol–water partition coefficient (Wildman–Crippen LogP) is 0.715. The average Bonchev–Trinajstić information content (AvgIpc) is 2.90. The van der Waals surface area contributed by atoms with E-state index < -0.39 is 12.0 Å². The van der Waals surface area contributed by atoms with E-state index in [1.165, 1.54) is 12.0 Å². The van der Waals surface area contributed by atoms with Crippen LogP contribution >= 0.6 is 0 Å². The molecule has 20 heavy (non-hydrogen) atoms. The number of aryl methyl sites for hydroxylation is 1. The number of carbonyl (C=O) groups is 2. The van der Waals surface area contributed by atoms with Gasteiger partial charge in [-0.25, -0.2) is 4.79 Å². The Morgan fingerprint density at radius 3 is 2.75 bits per heavy atom. The number of rotatable bonds is 5. The molecule has 1 fully saturated rings. The van der Waals surface area contributed by atoms with Crippen LogP contribution in [0.2, 0.25) is 0 Å². The number of ether oxygens (including phenoxy) is 1. The van der Waals surface area contributed by atoms with E-state index in [4.69, 9.17) is 4.74 Å². The molecule has 1 saturated heterocycles. The Hall–Kier alpha value is -1.95. The maximum Gasteiger partial charge on any atom is 0.326 e. The van der Waals surface area contributed by atoms with Gasteiger partial charge in [-0.15, -0.1) is 0 Å². The van der Waals surface area contributed by atoms with Crippen molar-refractivity contribution in [3.05, 3.63) is 30.1 Å². The lowest BCUT2D eigenvalue weighted by atomic mass is 10.1. The van der Waals surface area contributed by atoms with Crippen LogP contribution in [0.1, 0.15) is 18.4 Å². The maximum atomic E-state index is 12.2. The number of nitrogens with zero attached hydrogens (tertiary/aromatic N) is 2. The van der Waals surface area contributed by atoms with Crippen molar-refractivity contribution in [3.63, 3.8) is 0 Å². The van der Waals surface area contributed by atoms with Crippen LogP contribution in [0.15, 0.2) is 24.5 Å². The fraction of sp³-hybridized carbons (Fsp3) is 0.500. The first-order valence-electron chi connectivity index (χ1n) is 6.55. The number of hydrogen-bond acceptors (Lipinski definition) is 4. The zero-order valence-corrected chi connectivity index (χ0v) is 11.4. The van der Waals surface area contributed by atoms with E-state index in [0.29, 0.717) is 25.8 Å². The SMILES string of the molecule is COC1CC(C(=O)O)N(C(=O)CCc2ccncc2)C1. The van der Waals surface area contributed by atoms with E-state index in [9.17, 15) is 14.7 Å². The molecule has 0 radical (unpaired) electrons. The Balaban J connectivity index is 1.95. The first-order chi connectivity index (χ1) is 9.61. The van der Waals surface area contributed by atoms with Gasteiger partial charge >= 0.3 is 5.97 Å². The largest absolute Gasteiger partial charge is 0.480 e. The predicted molar refractivity (Wildman–Crippen MR) is 71.1 cm³/mol. The normalized spacial score (nSPS) is 21.9. The molecule has 0 saturated carbocycles. The van der Waals surface area contributed by atoms with Crippen molar-refractivity contribution in [2.45, 2.75) is 31.4 Å². The van der Waals surface area contributed by atoms with E-state index >= 15 is 0 Å². The summed E-state index contributed by atoms with van der Waals surface area (Å²) in [5.41, 5.74) is 1.02. The Morgan fingerprint density at radius 1 is 1.45 bits per heavy atom. The summed E-state index contributed by atoms with van der Waals surface area (Å²) < 4.78 is 5.17. The first-order valence-corrected chi connectivity index (χ1v) is 6.55. The lowest BCUT2D eigenvalue weighted by Gasteiger charge is -2.21. The first kappa shape index (κ1) is 14.5. The molecule has 1 aromatic heterocycles. The molecule has 2 atom stereocenters. The van der Waals surface area contributed by atoms with Gasteiger partial charge in [-0.3, -0.25) is 9.78 Å².